The Morgan fingerprint density at radius 2 is 2.16 bits per heavy atom. The lowest BCUT2D eigenvalue weighted by molar-refractivity contribution is 0.198. The fourth-order valence-corrected chi connectivity index (χ4v) is 5.25. The highest BCUT2D eigenvalue weighted by atomic mass is 32.1. The van der Waals surface area contributed by atoms with E-state index in [9.17, 15) is 0 Å². The summed E-state index contributed by atoms with van der Waals surface area (Å²) in [5, 5.41) is 8.45. The lowest BCUT2D eigenvalue weighted by atomic mass is 9.93. The molecule has 0 aromatic carbocycles. The van der Waals surface area contributed by atoms with Crippen LogP contribution in [0.4, 0.5) is 0 Å². The van der Waals surface area contributed by atoms with Gasteiger partial charge in [-0.3, -0.25) is 4.90 Å². The van der Waals surface area contributed by atoms with Crippen LogP contribution >= 0.6 is 22.9 Å². The summed E-state index contributed by atoms with van der Waals surface area (Å²) in [4.78, 5) is 6.42. The molecule has 1 atom stereocenters. The molecule has 0 spiro atoms. The maximum atomic E-state index is 5.45. The van der Waals surface area contributed by atoms with Gasteiger partial charge in [0.1, 0.15) is 4.88 Å². The molecular formula is C18H22N4OS2. The Balaban J connectivity index is 1.52. The molecule has 0 aliphatic carbocycles. The molecule has 3 aromatic heterocycles. The van der Waals surface area contributed by atoms with Crippen LogP contribution in [0.25, 0.3) is 10.6 Å². The van der Waals surface area contributed by atoms with Crippen molar-refractivity contribution in [3.8, 4) is 10.6 Å². The average molecular weight is 375 g/mol. The van der Waals surface area contributed by atoms with Gasteiger partial charge >= 0.3 is 0 Å². The number of aryl methyl sites for hydroxylation is 3. The van der Waals surface area contributed by atoms with Crippen LogP contribution in [-0.2, 0) is 6.54 Å². The van der Waals surface area contributed by atoms with E-state index in [1.54, 1.807) is 0 Å². The van der Waals surface area contributed by atoms with Gasteiger partial charge in [0.2, 0.25) is 0 Å². The second-order valence-corrected chi connectivity index (χ2v) is 9.05. The van der Waals surface area contributed by atoms with Gasteiger partial charge < -0.3 is 4.52 Å². The molecule has 1 aliphatic heterocycles. The molecule has 0 bridgehead atoms. The van der Waals surface area contributed by atoms with Crippen molar-refractivity contribution < 1.29 is 4.52 Å². The standard InChI is InChI=1S/C18H22N4OS2/c1-11-7-16(23-20-11)18-17(19-21-25-18)14-5-4-6-22(9-14)10-15-8-12(2)24-13(15)3/h7-8,14H,4-6,9-10H2,1-3H3/t14-/m0/s1. The third-order valence-electron chi connectivity index (χ3n) is 4.80. The minimum atomic E-state index is 0.410. The minimum Gasteiger partial charge on any atom is -0.355 e. The number of aromatic nitrogens is 3. The number of thiophene rings is 1. The number of nitrogens with zero attached hydrogens (tertiary/aromatic N) is 4. The van der Waals surface area contributed by atoms with Crippen LogP contribution in [0.3, 0.4) is 0 Å². The van der Waals surface area contributed by atoms with Crippen molar-refractivity contribution in [2.24, 2.45) is 0 Å². The molecule has 0 unspecified atom stereocenters. The summed E-state index contributed by atoms with van der Waals surface area (Å²) in [7, 11) is 0. The predicted octanol–water partition coefficient (Wildman–Crippen LogP) is 4.56. The number of likely N-dealkylation sites (tertiary alicyclic amines) is 1. The summed E-state index contributed by atoms with van der Waals surface area (Å²) >= 11 is 3.30. The molecule has 3 aromatic rings. The molecule has 0 amide bonds. The van der Waals surface area contributed by atoms with Gasteiger partial charge in [-0.25, -0.2) is 0 Å². The normalized spacial score (nSPS) is 18.8. The van der Waals surface area contributed by atoms with Gasteiger partial charge in [0.15, 0.2) is 5.76 Å². The Morgan fingerprint density at radius 1 is 1.28 bits per heavy atom. The van der Waals surface area contributed by atoms with Gasteiger partial charge in [-0.15, -0.1) is 16.4 Å². The first-order valence-corrected chi connectivity index (χ1v) is 10.2. The summed E-state index contributed by atoms with van der Waals surface area (Å²) in [6.45, 7) is 9.56. The second kappa shape index (κ2) is 6.97. The highest BCUT2D eigenvalue weighted by molar-refractivity contribution is 7.12. The van der Waals surface area contributed by atoms with Crippen molar-refractivity contribution >= 4 is 22.9 Å². The Labute approximate surface area is 155 Å². The predicted molar refractivity (Wildman–Crippen MR) is 101 cm³/mol. The molecule has 5 nitrogen and oxygen atoms in total. The van der Waals surface area contributed by atoms with Crippen LogP contribution in [0, 0.1) is 20.8 Å². The molecule has 132 valence electrons. The van der Waals surface area contributed by atoms with E-state index in [1.165, 1.54) is 33.3 Å². The van der Waals surface area contributed by atoms with Gasteiger partial charge in [0.05, 0.1) is 11.4 Å². The summed E-state index contributed by atoms with van der Waals surface area (Å²) in [6, 6.07) is 4.30. The van der Waals surface area contributed by atoms with E-state index in [4.69, 9.17) is 4.52 Å². The van der Waals surface area contributed by atoms with E-state index in [0.717, 1.165) is 48.1 Å². The van der Waals surface area contributed by atoms with Crippen molar-refractivity contribution in [2.45, 2.75) is 46.1 Å². The summed E-state index contributed by atoms with van der Waals surface area (Å²) < 4.78 is 9.65. The van der Waals surface area contributed by atoms with Gasteiger partial charge in [0.25, 0.3) is 0 Å². The zero-order valence-electron chi connectivity index (χ0n) is 14.8. The van der Waals surface area contributed by atoms with Crippen molar-refractivity contribution in [1.82, 2.24) is 19.6 Å². The molecule has 0 radical (unpaired) electrons. The van der Waals surface area contributed by atoms with E-state index in [0.29, 0.717) is 5.92 Å². The number of hydrogen-bond acceptors (Lipinski definition) is 7. The zero-order chi connectivity index (χ0) is 17.4. The van der Waals surface area contributed by atoms with Crippen molar-refractivity contribution in [2.75, 3.05) is 13.1 Å². The highest BCUT2D eigenvalue weighted by Crippen LogP contribution is 2.36. The van der Waals surface area contributed by atoms with E-state index >= 15 is 0 Å². The van der Waals surface area contributed by atoms with Gasteiger partial charge in [-0.2, -0.15) is 0 Å². The van der Waals surface area contributed by atoms with Crippen LogP contribution in [0.2, 0.25) is 0 Å². The third-order valence-corrected chi connectivity index (χ3v) is 6.56. The quantitative estimate of drug-likeness (QED) is 0.670. The summed E-state index contributed by atoms with van der Waals surface area (Å²) in [5.41, 5.74) is 3.43. The van der Waals surface area contributed by atoms with Gasteiger partial charge in [-0.05, 0) is 63.3 Å². The fourth-order valence-electron chi connectivity index (χ4n) is 3.61. The molecule has 1 saturated heterocycles. The van der Waals surface area contributed by atoms with Crippen LogP contribution in [0.15, 0.2) is 16.7 Å². The van der Waals surface area contributed by atoms with Gasteiger partial charge in [-0.1, -0.05) is 9.64 Å². The van der Waals surface area contributed by atoms with Crippen molar-refractivity contribution in [1.29, 1.82) is 0 Å². The summed E-state index contributed by atoms with van der Waals surface area (Å²) in [6.07, 6.45) is 2.35. The van der Waals surface area contributed by atoms with Crippen LogP contribution < -0.4 is 0 Å². The number of piperidine rings is 1. The monoisotopic (exact) mass is 374 g/mol. The SMILES string of the molecule is Cc1cc(-c2snnc2[C@H]2CCCN(Cc3cc(C)sc3C)C2)on1. The Hall–Kier alpha value is -1.57. The molecule has 7 heteroatoms. The molecule has 0 N–H and O–H groups in total. The topological polar surface area (TPSA) is 55.1 Å². The first-order chi connectivity index (χ1) is 12.1. The maximum absolute atomic E-state index is 5.45. The molecule has 25 heavy (non-hydrogen) atoms. The Bertz CT molecular complexity index is 866. The molecule has 4 heterocycles. The van der Waals surface area contributed by atoms with Crippen LogP contribution in [0.5, 0.6) is 0 Å². The maximum Gasteiger partial charge on any atom is 0.180 e. The summed E-state index contributed by atoms with van der Waals surface area (Å²) in [5.74, 6) is 1.21. The lowest BCUT2D eigenvalue weighted by Crippen LogP contribution is -2.34. The van der Waals surface area contributed by atoms with Crippen molar-refractivity contribution in [3.63, 3.8) is 0 Å². The molecule has 1 aliphatic rings. The first kappa shape index (κ1) is 16.9. The van der Waals surface area contributed by atoms with Gasteiger partial charge in [0, 0.05) is 34.8 Å². The second-order valence-electron chi connectivity index (χ2n) is 6.83. The molecular weight excluding hydrogens is 352 g/mol. The van der Waals surface area contributed by atoms with E-state index in [1.807, 2.05) is 24.3 Å². The average Bonchev–Trinajstić information content (AvgIpc) is 3.28. The Morgan fingerprint density at radius 3 is 2.88 bits per heavy atom. The Kier molecular flexibility index (Phi) is 4.71. The van der Waals surface area contributed by atoms with E-state index in [2.05, 4.69) is 39.6 Å². The van der Waals surface area contributed by atoms with E-state index < -0.39 is 0 Å². The smallest absolute Gasteiger partial charge is 0.180 e. The third kappa shape index (κ3) is 3.54. The van der Waals surface area contributed by atoms with Crippen molar-refractivity contribution in [3.05, 3.63) is 38.8 Å². The zero-order valence-corrected chi connectivity index (χ0v) is 16.4. The first-order valence-electron chi connectivity index (χ1n) is 8.64. The van der Waals surface area contributed by atoms with Crippen LogP contribution in [-0.4, -0.2) is 32.7 Å². The van der Waals surface area contributed by atoms with E-state index in [-0.39, 0.29) is 0 Å². The number of rotatable bonds is 4. The fraction of sp³-hybridized carbons (Fsp3) is 0.500. The largest absolute Gasteiger partial charge is 0.355 e. The lowest BCUT2D eigenvalue weighted by Gasteiger charge is -2.32. The molecule has 0 saturated carbocycles. The number of hydrogen-bond donors (Lipinski definition) is 0. The van der Waals surface area contributed by atoms with Crippen LogP contribution in [0.1, 0.15) is 45.5 Å². The minimum absolute atomic E-state index is 0.410. The molecule has 4 rings (SSSR count). The highest BCUT2D eigenvalue weighted by Gasteiger charge is 2.28. The molecule has 1 fully saturated rings.